The van der Waals surface area contributed by atoms with Crippen molar-refractivity contribution in [3.63, 3.8) is 0 Å². The summed E-state index contributed by atoms with van der Waals surface area (Å²) in [6.07, 6.45) is 0.723. The zero-order valence-corrected chi connectivity index (χ0v) is 23.0. The summed E-state index contributed by atoms with van der Waals surface area (Å²) in [6, 6.07) is 14.6. The maximum Gasteiger partial charge on any atom is 0.323 e. The maximum atomic E-state index is 13.0. The van der Waals surface area contributed by atoms with Gasteiger partial charge in [0.1, 0.15) is 17.5 Å². The number of carbonyl (C=O) groups excluding carboxylic acids is 2. The average Bonchev–Trinajstić information content (AvgIpc) is 2.95. The number of hydrogen-bond donors (Lipinski definition) is 2. The van der Waals surface area contributed by atoms with Gasteiger partial charge in [0.25, 0.3) is 0 Å². The highest BCUT2D eigenvalue weighted by Gasteiger charge is 2.27. The topological polar surface area (TPSA) is 137 Å². The molecular formula is C28H33NO9S. The van der Waals surface area contributed by atoms with Crippen molar-refractivity contribution in [3.8, 4) is 11.5 Å². The van der Waals surface area contributed by atoms with Crippen LogP contribution < -0.4 is 14.2 Å². The Hall–Kier alpha value is -3.67. The van der Waals surface area contributed by atoms with Crippen LogP contribution in [0.2, 0.25) is 0 Å². The van der Waals surface area contributed by atoms with Gasteiger partial charge in [0, 0.05) is 30.2 Å². The van der Waals surface area contributed by atoms with Gasteiger partial charge in [-0.1, -0.05) is 30.3 Å². The molecule has 3 aromatic carbocycles. The maximum absolute atomic E-state index is 13.0. The summed E-state index contributed by atoms with van der Waals surface area (Å²) < 4.78 is 49.0. The van der Waals surface area contributed by atoms with E-state index in [4.69, 9.17) is 14.6 Å². The van der Waals surface area contributed by atoms with Crippen LogP contribution in [0.5, 0.6) is 11.5 Å². The molecule has 0 amide bonds. The third kappa shape index (κ3) is 7.69. The largest absolute Gasteiger partial charge is 0.496 e. The zero-order chi connectivity index (χ0) is 28.4. The van der Waals surface area contributed by atoms with Gasteiger partial charge in [0.15, 0.2) is 0 Å². The van der Waals surface area contributed by atoms with E-state index in [9.17, 15) is 18.0 Å². The summed E-state index contributed by atoms with van der Waals surface area (Å²) in [5.74, 6) is -0.0109. The van der Waals surface area contributed by atoms with Crippen LogP contribution in [0.3, 0.4) is 0 Å². The first-order valence-electron chi connectivity index (χ1n) is 12.3. The van der Waals surface area contributed by atoms with E-state index < -0.39 is 28.0 Å². The van der Waals surface area contributed by atoms with E-state index in [0.717, 1.165) is 29.0 Å². The highest BCUT2D eigenvalue weighted by molar-refractivity contribution is 7.89. The fourth-order valence-corrected chi connectivity index (χ4v) is 5.32. The minimum atomic E-state index is -4.08. The van der Waals surface area contributed by atoms with Crippen LogP contribution in [0, 0.1) is 0 Å². The normalized spacial score (nSPS) is 12.1. The molecule has 0 unspecified atom stereocenters. The lowest BCUT2D eigenvalue weighted by atomic mass is 9.97. The smallest absolute Gasteiger partial charge is 0.323 e. The molecule has 0 aliphatic rings. The summed E-state index contributed by atoms with van der Waals surface area (Å²) in [7, 11) is -0.133. The number of aliphatic hydroxyl groups is 1. The van der Waals surface area contributed by atoms with Crippen LogP contribution in [0.4, 0.5) is 0 Å². The molecule has 0 heterocycles. The van der Waals surface area contributed by atoms with Gasteiger partial charge in [-0.05, 0) is 48.2 Å². The molecule has 3 rings (SSSR count). The lowest BCUT2D eigenvalue weighted by molar-refractivity contribution is -0.144. The van der Waals surface area contributed by atoms with Gasteiger partial charge < -0.3 is 24.1 Å². The summed E-state index contributed by atoms with van der Waals surface area (Å²) in [4.78, 5) is 23.6. The van der Waals surface area contributed by atoms with Crippen molar-refractivity contribution in [3.05, 3.63) is 65.7 Å². The predicted molar refractivity (Wildman–Crippen MR) is 144 cm³/mol. The number of methoxy groups -OCH3 is 3. The molecule has 0 aromatic heterocycles. The van der Waals surface area contributed by atoms with E-state index in [2.05, 4.69) is 14.2 Å². The number of sulfonamides is 1. The number of esters is 2. The van der Waals surface area contributed by atoms with E-state index in [1.807, 2.05) is 30.3 Å². The zero-order valence-electron chi connectivity index (χ0n) is 22.1. The molecule has 3 aromatic rings. The highest BCUT2D eigenvalue weighted by atomic mass is 32.2. The molecule has 0 bridgehead atoms. The lowest BCUT2D eigenvalue weighted by Gasteiger charge is -2.17. The molecular weight excluding hydrogens is 526 g/mol. The fourth-order valence-electron chi connectivity index (χ4n) is 4.10. The summed E-state index contributed by atoms with van der Waals surface area (Å²) in [6.45, 7) is 0.384. The second-order valence-electron chi connectivity index (χ2n) is 8.66. The Kier molecular flexibility index (Phi) is 10.7. The number of fused-ring (bicyclic) bond motifs is 1. The fraction of sp³-hybridized carbons (Fsp3) is 0.357. The Morgan fingerprint density at radius 3 is 2.33 bits per heavy atom. The third-order valence-electron chi connectivity index (χ3n) is 6.10. The second-order valence-corrected chi connectivity index (χ2v) is 10.4. The number of benzene rings is 3. The summed E-state index contributed by atoms with van der Waals surface area (Å²) in [5.41, 5.74) is 1.80. The average molecular weight is 560 g/mol. The Labute approximate surface area is 227 Å². The Balaban J connectivity index is 1.85. The number of rotatable bonds is 14. The number of aliphatic hydroxyl groups excluding tert-OH is 1. The Bertz CT molecular complexity index is 1390. The standard InChI is InChI=1S/C28H33NO9S/c1-35-24-14-10-20(27-22(24)6-4-7-25(27)38-17-5-16-30)18-19-8-11-21(12-9-19)39(33,34)29-23(28(32)37-3)13-15-26(31)36-2/h4,6-12,14,23,29-30H,5,13,15-18H2,1-3H3/t23-/m0/s1. The molecule has 0 fully saturated rings. The molecule has 0 spiro atoms. The van der Waals surface area contributed by atoms with Gasteiger partial charge in [-0.25, -0.2) is 8.42 Å². The van der Waals surface area contributed by atoms with Gasteiger partial charge in [0.2, 0.25) is 10.0 Å². The van der Waals surface area contributed by atoms with Crippen LogP contribution in [-0.2, 0) is 35.5 Å². The molecule has 0 radical (unpaired) electrons. The monoisotopic (exact) mass is 559 g/mol. The van der Waals surface area contributed by atoms with Gasteiger partial charge in [-0.2, -0.15) is 4.72 Å². The first-order valence-corrected chi connectivity index (χ1v) is 13.8. The van der Waals surface area contributed by atoms with Crippen molar-refractivity contribution in [1.82, 2.24) is 4.72 Å². The molecule has 10 nitrogen and oxygen atoms in total. The molecule has 1 atom stereocenters. The van der Waals surface area contributed by atoms with E-state index in [-0.39, 0.29) is 24.3 Å². The van der Waals surface area contributed by atoms with Gasteiger partial charge in [-0.3, -0.25) is 9.59 Å². The highest BCUT2D eigenvalue weighted by Crippen LogP contribution is 2.36. The van der Waals surface area contributed by atoms with Crippen LogP contribution in [0.1, 0.15) is 30.4 Å². The summed E-state index contributed by atoms with van der Waals surface area (Å²) >= 11 is 0. The number of nitrogens with one attached hydrogen (secondary N) is 1. The van der Waals surface area contributed by atoms with Crippen molar-refractivity contribution >= 4 is 32.7 Å². The number of ether oxygens (including phenoxy) is 4. The van der Waals surface area contributed by atoms with Crippen molar-refractivity contribution in [2.75, 3.05) is 34.5 Å². The molecule has 39 heavy (non-hydrogen) atoms. The van der Waals surface area contributed by atoms with Crippen molar-refractivity contribution in [2.24, 2.45) is 0 Å². The third-order valence-corrected chi connectivity index (χ3v) is 7.59. The molecule has 0 aliphatic heterocycles. The first kappa shape index (κ1) is 29.9. The minimum absolute atomic E-state index is 0.0245. The molecule has 0 saturated carbocycles. The van der Waals surface area contributed by atoms with Crippen LogP contribution in [0.15, 0.2) is 59.5 Å². The molecule has 0 aliphatic carbocycles. The number of hydrogen-bond acceptors (Lipinski definition) is 9. The molecule has 0 saturated heterocycles. The summed E-state index contributed by atoms with van der Waals surface area (Å²) in [5, 5.41) is 10.9. The quantitative estimate of drug-likeness (QED) is 0.226. The Morgan fingerprint density at radius 1 is 0.949 bits per heavy atom. The van der Waals surface area contributed by atoms with Crippen molar-refractivity contribution in [1.29, 1.82) is 0 Å². The van der Waals surface area contributed by atoms with Gasteiger partial charge in [0.05, 0.1) is 32.8 Å². The SMILES string of the molecule is COC(=O)CC[C@H](NS(=O)(=O)c1ccc(Cc2ccc(OC)c3cccc(OCCCO)c23)cc1)C(=O)OC. The van der Waals surface area contributed by atoms with E-state index in [0.29, 0.717) is 30.9 Å². The molecule has 2 N–H and O–H groups in total. The Morgan fingerprint density at radius 2 is 1.69 bits per heavy atom. The van der Waals surface area contributed by atoms with E-state index >= 15 is 0 Å². The predicted octanol–water partition coefficient (Wildman–Crippen LogP) is 2.97. The second kappa shape index (κ2) is 13.9. The van der Waals surface area contributed by atoms with Crippen LogP contribution in [0.25, 0.3) is 10.8 Å². The van der Waals surface area contributed by atoms with Crippen molar-refractivity contribution in [2.45, 2.75) is 36.6 Å². The van der Waals surface area contributed by atoms with Crippen LogP contribution >= 0.6 is 0 Å². The minimum Gasteiger partial charge on any atom is -0.496 e. The first-order chi connectivity index (χ1) is 18.7. The number of carbonyl (C=O) groups is 2. The lowest BCUT2D eigenvalue weighted by Crippen LogP contribution is -2.41. The van der Waals surface area contributed by atoms with Gasteiger partial charge in [-0.15, -0.1) is 0 Å². The van der Waals surface area contributed by atoms with E-state index in [1.54, 1.807) is 19.2 Å². The molecule has 11 heteroatoms. The van der Waals surface area contributed by atoms with E-state index in [1.165, 1.54) is 19.2 Å². The molecule has 210 valence electrons. The van der Waals surface area contributed by atoms with Crippen molar-refractivity contribution < 1.29 is 42.1 Å². The van der Waals surface area contributed by atoms with Gasteiger partial charge >= 0.3 is 11.9 Å². The van der Waals surface area contributed by atoms with Crippen LogP contribution in [-0.4, -0.2) is 66.0 Å².